The van der Waals surface area contributed by atoms with Gasteiger partial charge in [0, 0.05) is 13.0 Å². The highest BCUT2D eigenvalue weighted by molar-refractivity contribution is 5.70. The summed E-state index contributed by atoms with van der Waals surface area (Å²) in [5.74, 6) is 0.0353. The van der Waals surface area contributed by atoms with Crippen LogP contribution in [-0.2, 0) is 4.74 Å². The maximum absolute atomic E-state index is 11.7. The molecule has 4 N–H and O–H groups in total. The number of aromatic nitrogens is 4. The summed E-state index contributed by atoms with van der Waals surface area (Å²) in [5, 5.41) is 8.88. The molecule has 2 aromatic rings. The average Bonchev–Trinajstić information content (AvgIpc) is 2.95. The zero-order valence-electron chi connectivity index (χ0n) is 9.98. The molecule has 1 aliphatic rings. The molecular formula is C11H13N5O3. The van der Waals surface area contributed by atoms with Crippen molar-refractivity contribution in [2.75, 3.05) is 12.3 Å². The minimum absolute atomic E-state index is 0.0353. The molecule has 8 nitrogen and oxygen atoms in total. The number of nitrogen functional groups attached to an aromatic ring is 1. The lowest BCUT2D eigenvalue weighted by Crippen LogP contribution is -2.15. The van der Waals surface area contributed by atoms with Crippen LogP contribution in [0.4, 0.5) is 5.95 Å². The molecule has 1 aliphatic heterocycles. The topological polar surface area (TPSA) is 119 Å². The lowest BCUT2D eigenvalue weighted by molar-refractivity contribution is 0.00947. The summed E-state index contributed by atoms with van der Waals surface area (Å²) in [4.78, 5) is 22.1. The summed E-state index contributed by atoms with van der Waals surface area (Å²) in [6.45, 7) is 0.0528. The van der Waals surface area contributed by atoms with Gasteiger partial charge in [0.2, 0.25) is 5.95 Å². The predicted octanol–water partition coefficient (Wildman–Crippen LogP) is -0.462. The fraction of sp³-hybridized carbons (Fsp3) is 0.364. The second kappa shape index (κ2) is 4.48. The first-order valence-electron chi connectivity index (χ1n) is 5.86. The van der Waals surface area contributed by atoms with Crippen LogP contribution in [0.1, 0.15) is 12.6 Å². The lowest BCUT2D eigenvalue weighted by atomic mass is 10.3. The molecule has 2 atom stereocenters. The predicted molar refractivity (Wildman–Crippen MR) is 67.3 cm³/mol. The highest BCUT2D eigenvalue weighted by atomic mass is 16.5. The van der Waals surface area contributed by atoms with Gasteiger partial charge in [0.05, 0.1) is 12.4 Å². The molecule has 0 bridgehead atoms. The van der Waals surface area contributed by atoms with Crippen LogP contribution in [0, 0.1) is 0 Å². The molecule has 0 unspecified atom stereocenters. The number of rotatable bonds is 3. The second-order valence-corrected chi connectivity index (χ2v) is 4.24. The Morgan fingerprint density at radius 2 is 2.37 bits per heavy atom. The van der Waals surface area contributed by atoms with Crippen LogP contribution >= 0.6 is 0 Å². The van der Waals surface area contributed by atoms with E-state index < -0.39 is 6.23 Å². The van der Waals surface area contributed by atoms with E-state index in [0.717, 1.165) is 0 Å². The number of aliphatic hydroxyl groups is 1. The standard InChI is InChI=1S/C11H13N5O3/c12-11-14-9-8(10(18)15-11)13-5-16(9)7-2-1-6(19-7)3-4-17/h1-2,5-7,17H,3-4H2,(H3,12,14,15,18)/t6-,7+/m0/s1. The lowest BCUT2D eigenvalue weighted by Gasteiger charge is -2.14. The largest absolute Gasteiger partial charge is 0.396 e. The van der Waals surface area contributed by atoms with Crippen molar-refractivity contribution in [1.29, 1.82) is 0 Å². The molecule has 0 saturated heterocycles. The van der Waals surface area contributed by atoms with Gasteiger partial charge in [0.15, 0.2) is 17.4 Å². The zero-order chi connectivity index (χ0) is 13.4. The summed E-state index contributed by atoms with van der Waals surface area (Å²) in [6, 6.07) is 0. The minimum atomic E-state index is -0.393. The van der Waals surface area contributed by atoms with E-state index in [4.69, 9.17) is 15.6 Å². The Morgan fingerprint density at radius 3 is 3.16 bits per heavy atom. The Balaban J connectivity index is 1.99. The first kappa shape index (κ1) is 11.9. The van der Waals surface area contributed by atoms with E-state index in [1.54, 1.807) is 4.57 Å². The van der Waals surface area contributed by atoms with Gasteiger partial charge in [0.1, 0.15) is 0 Å². The smallest absolute Gasteiger partial charge is 0.280 e. The molecule has 19 heavy (non-hydrogen) atoms. The fourth-order valence-electron chi connectivity index (χ4n) is 2.07. The minimum Gasteiger partial charge on any atom is -0.396 e. The normalized spacial score (nSPS) is 22.4. The summed E-state index contributed by atoms with van der Waals surface area (Å²) in [7, 11) is 0. The van der Waals surface area contributed by atoms with Crippen molar-refractivity contribution in [3.8, 4) is 0 Å². The zero-order valence-corrected chi connectivity index (χ0v) is 9.98. The number of nitrogens with two attached hydrogens (primary N) is 1. The first-order chi connectivity index (χ1) is 9.19. The summed E-state index contributed by atoms with van der Waals surface area (Å²) in [6.07, 6.45) is 5.17. The number of fused-ring (bicyclic) bond motifs is 1. The van der Waals surface area contributed by atoms with E-state index in [-0.39, 0.29) is 29.7 Å². The van der Waals surface area contributed by atoms with Gasteiger partial charge in [-0.3, -0.25) is 14.3 Å². The molecule has 3 rings (SSSR count). The van der Waals surface area contributed by atoms with Crippen LogP contribution in [0.3, 0.4) is 0 Å². The molecule has 0 spiro atoms. The molecule has 0 aliphatic carbocycles. The number of imidazole rings is 1. The number of nitrogens with one attached hydrogen (secondary N) is 1. The number of nitrogens with zero attached hydrogens (tertiary/aromatic N) is 3. The Bertz CT molecular complexity index is 689. The van der Waals surface area contributed by atoms with E-state index in [1.165, 1.54) is 6.33 Å². The van der Waals surface area contributed by atoms with Gasteiger partial charge >= 0.3 is 0 Å². The quantitative estimate of drug-likeness (QED) is 0.644. The van der Waals surface area contributed by atoms with Gasteiger partial charge in [-0.2, -0.15) is 4.98 Å². The first-order valence-corrected chi connectivity index (χ1v) is 5.86. The van der Waals surface area contributed by atoms with Crippen LogP contribution < -0.4 is 11.3 Å². The maximum Gasteiger partial charge on any atom is 0.280 e. The van der Waals surface area contributed by atoms with Crippen molar-refractivity contribution < 1.29 is 9.84 Å². The molecule has 100 valence electrons. The van der Waals surface area contributed by atoms with Gasteiger partial charge in [-0.15, -0.1) is 0 Å². The number of H-pyrrole nitrogens is 1. The third-order valence-electron chi connectivity index (χ3n) is 2.94. The van der Waals surface area contributed by atoms with Crippen molar-refractivity contribution in [3.63, 3.8) is 0 Å². The van der Waals surface area contributed by atoms with Crippen LogP contribution in [-0.4, -0.2) is 37.3 Å². The van der Waals surface area contributed by atoms with Crippen molar-refractivity contribution >= 4 is 17.1 Å². The van der Waals surface area contributed by atoms with Crippen LogP contribution in [0.2, 0.25) is 0 Å². The molecule has 0 aromatic carbocycles. The number of ether oxygens (including phenoxy) is 1. The SMILES string of the molecule is Nc1nc2c(ncn2[C@H]2C=C[C@@H](CCO)O2)c(=O)[nH]1. The summed E-state index contributed by atoms with van der Waals surface area (Å²) < 4.78 is 7.33. The van der Waals surface area contributed by atoms with Crippen molar-refractivity contribution in [3.05, 3.63) is 28.8 Å². The highest BCUT2D eigenvalue weighted by Gasteiger charge is 2.22. The van der Waals surface area contributed by atoms with Gasteiger partial charge < -0.3 is 15.6 Å². The Labute approximate surface area is 107 Å². The van der Waals surface area contributed by atoms with E-state index in [0.29, 0.717) is 12.1 Å². The third-order valence-corrected chi connectivity index (χ3v) is 2.94. The van der Waals surface area contributed by atoms with Gasteiger partial charge in [-0.1, -0.05) is 6.08 Å². The van der Waals surface area contributed by atoms with E-state index in [1.807, 2.05) is 12.2 Å². The van der Waals surface area contributed by atoms with Crippen LogP contribution in [0.15, 0.2) is 23.3 Å². The number of aliphatic hydroxyl groups excluding tert-OH is 1. The van der Waals surface area contributed by atoms with Crippen LogP contribution in [0.25, 0.3) is 11.2 Å². The van der Waals surface area contributed by atoms with Crippen LogP contribution in [0.5, 0.6) is 0 Å². The molecule has 0 radical (unpaired) electrons. The van der Waals surface area contributed by atoms with Gasteiger partial charge in [0.25, 0.3) is 5.56 Å². The number of anilines is 1. The maximum atomic E-state index is 11.7. The molecule has 3 heterocycles. The Morgan fingerprint density at radius 1 is 1.53 bits per heavy atom. The van der Waals surface area contributed by atoms with E-state index >= 15 is 0 Å². The number of aromatic amines is 1. The Hall–Kier alpha value is -2.19. The van der Waals surface area contributed by atoms with Crippen molar-refractivity contribution in [2.24, 2.45) is 0 Å². The number of hydrogen-bond donors (Lipinski definition) is 3. The molecule has 0 saturated carbocycles. The number of hydrogen-bond acceptors (Lipinski definition) is 6. The molecule has 8 heteroatoms. The third kappa shape index (κ3) is 2.00. The van der Waals surface area contributed by atoms with E-state index in [2.05, 4.69) is 15.0 Å². The van der Waals surface area contributed by atoms with Gasteiger partial charge in [-0.25, -0.2) is 4.98 Å². The monoisotopic (exact) mass is 263 g/mol. The summed E-state index contributed by atoms with van der Waals surface area (Å²) in [5.41, 5.74) is 5.74. The molecule has 2 aromatic heterocycles. The second-order valence-electron chi connectivity index (χ2n) is 4.24. The molecule has 0 amide bonds. The fourth-order valence-corrected chi connectivity index (χ4v) is 2.07. The van der Waals surface area contributed by atoms with Gasteiger partial charge in [-0.05, 0) is 6.08 Å². The Kier molecular flexibility index (Phi) is 2.80. The molecule has 0 fully saturated rings. The van der Waals surface area contributed by atoms with Crippen molar-refractivity contribution in [2.45, 2.75) is 18.8 Å². The van der Waals surface area contributed by atoms with E-state index in [9.17, 15) is 4.79 Å². The average molecular weight is 263 g/mol. The summed E-state index contributed by atoms with van der Waals surface area (Å²) >= 11 is 0. The molecular weight excluding hydrogens is 250 g/mol. The highest BCUT2D eigenvalue weighted by Crippen LogP contribution is 2.25. The van der Waals surface area contributed by atoms with Crippen molar-refractivity contribution in [1.82, 2.24) is 19.5 Å².